The minimum Gasteiger partial charge on any atom is -0.313 e. The summed E-state index contributed by atoms with van der Waals surface area (Å²) in [6, 6.07) is 3.41. The van der Waals surface area contributed by atoms with E-state index in [0.717, 1.165) is 44.0 Å². The molecule has 1 unspecified atom stereocenters. The van der Waals surface area contributed by atoms with Gasteiger partial charge in [0.05, 0.1) is 9.95 Å². The van der Waals surface area contributed by atoms with E-state index in [9.17, 15) is 18.5 Å². The predicted molar refractivity (Wildman–Crippen MR) is 78.9 cm³/mol. The molecular formula is C12H16ClN3O4S. The van der Waals surface area contributed by atoms with E-state index < -0.39 is 14.9 Å². The minimum absolute atomic E-state index is 0.102. The molecule has 1 aromatic carbocycles. The minimum atomic E-state index is -3.78. The van der Waals surface area contributed by atoms with Crippen molar-refractivity contribution in [2.45, 2.75) is 30.2 Å². The quantitative estimate of drug-likeness (QED) is 0.630. The molecule has 1 fully saturated rings. The van der Waals surface area contributed by atoms with Crippen LogP contribution in [0.3, 0.4) is 0 Å². The van der Waals surface area contributed by atoms with Gasteiger partial charge < -0.3 is 5.32 Å². The Labute approximate surface area is 127 Å². The van der Waals surface area contributed by atoms with Crippen molar-refractivity contribution in [2.24, 2.45) is 0 Å². The molecule has 7 nitrogen and oxygen atoms in total. The second-order valence-electron chi connectivity index (χ2n) is 4.87. The smallest absolute Gasteiger partial charge is 0.271 e. The maximum atomic E-state index is 12.2. The first kappa shape index (κ1) is 16.2. The van der Waals surface area contributed by atoms with Gasteiger partial charge in [-0.25, -0.2) is 13.1 Å². The fraction of sp³-hybridized carbons (Fsp3) is 0.500. The largest absolute Gasteiger partial charge is 0.313 e. The summed E-state index contributed by atoms with van der Waals surface area (Å²) in [4.78, 5) is 9.85. The van der Waals surface area contributed by atoms with Gasteiger partial charge in [0.2, 0.25) is 10.0 Å². The van der Waals surface area contributed by atoms with Crippen LogP contribution in [0.2, 0.25) is 5.02 Å². The summed E-state index contributed by atoms with van der Waals surface area (Å²) < 4.78 is 26.9. The normalized spacial score (nSPS) is 19.4. The standard InChI is InChI=1S/C12H16ClN3O4S/c13-11-7-10(16(17)18)4-5-12(11)21(19,20)15-8-9-3-1-2-6-14-9/h4-5,7,9,14-15H,1-3,6,8H2. The van der Waals surface area contributed by atoms with E-state index in [1.54, 1.807) is 0 Å². The van der Waals surface area contributed by atoms with Crippen LogP contribution >= 0.6 is 11.6 Å². The summed E-state index contributed by atoms with van der Waals surface area (Å²) in [5.74, 6) is 0. The lowest BCUT2D eigenvalue weighted by molar-refractivity contribution is -0.384. The van der Waals surface area contributed by atoms with Gasteiger partial charge >= 0.3 is 0 Å². The Kier molecular flexibility index (Phi) is 5.15. The summed E-state index contributed by atoms with van der Waals surface area (Å²) in [5, 5.41) is 13.7. The Hall–Kier alpha value is -1.22. The molecule has 1 saturated heterocycles. The molecule has 0 amide bonds. The van der Waals surface area contributed by atoms with Crippen LogP contribution in [-0.2, 0) is 10.0 Å². The molecule has 1 aliphatic heterocycles. The van der Waals surface area contributed by atoms with Crippen LogP contribution < -0.4 is 10.0 Å². The maximum absolute atomic E-state index is 12.2. The molecule has 21 heavy (non-hydrogen) atoms. The van der Waals surface area contributed by atoms with Crippen molar-refractivity contribution in [2.75, 3.05) is 13.1 Å². The molecular weight excluding hydrogens is 318 g/mol. The summed E-state index contributed by atoms with van der Waals surface area (Å²) >= 11 is 5.84. The molecule has 1 aromatic rings. The Morgan fingerprint density at radius 3 is 2.76 bits per heavy atom. The van der Waals surface area contributed by atoms with Crippen LogP contribution in [0.4, 0.5) is 5.69 Å². The zero-order chi connectivity index (χ0) is 15.5. The Morgan fingerprint density at radius 1 is 1.43 bits per heavy atom. The molecule has 0 saturated carbocycles. The monoisotopic (exact) mass is 333 g/mol. The van der Waals surface area contributed by atoms with Crippen molar-refractivity contribution < 1.29 is 13.3 Å². The average molecular weight is 334 g/mol. The van der Waals surface area contributed by atoms with Crippen LogP contribution in [0.25, 0.3) is 0 Å². The van der Waals surface area contributed by atoms with E-state index in [1.165, 1.54) is 0 Å². The first-order valence-corrected chi connectivity index (χ1v) is 8.43. The molecule has 0 aliphatic carbocycles. The summed E-state index contributed by atoms with van der Waals surface area (Å²) in [7, 11) is -3.78. The molecule has 0 radical (unpaired) electrons. The van der Waals surface area contributed by atoms with Crippen molar-refractivity contribution in [3.05, 3.63) is 33.3 Å². The number of benzene rings is 1. The SMILES string of the molecule is O=[N+]([O-])c1ccc(S(=O)(=O)NCC2CCCCN2)c(Cl)c1. The number of nitrogens with zero attached hydrogens (tertiary/aromatic N) is 1. The fourth-order valence-corrected chi connectivity index (χ4v) is 3.83. The van der Waals surface area contributed by atoms with Crippen LogP contribution in [0.1, 0.15) is 19.3 Å². The van der Waals surface area contributed by atoms with Crippen LogP contribution in [0, 0.1) is 10.1 Å². The van der Waals surface area contributed by atoms with Crippen molar-refractivity contribution in [3.8, 4) is 0 Å². The highest BCUT2D eigenvalue weighted by molar-refractivity contribution is 7.89. The summed E-state index contributed by atoms with van der Waals surface area (Å²) in [6.45, 7) is 1.15. The van der Waals surface area contributed by atoms with Gasteiger partial charge in [0.15, 0.2) is 0 Å². The molecule has 2 rings (SSSR count). The molecule has 1 aliphatic rings. The summed E-state index contributed by atoms with van der Waals surface area (Å²) in [6.07, 6.45) is 3.08. The molecule has 1 atom stereocenters. The van der Waals surface area contributed by atoms with E-state index >= 15 is 0 Å². The molecule has 0 bridgehead atoms. The molecule has 1 heterocycles. The van der Waals surface area contributed by atoms with Gasteiger partial charge in [-0.1, -0.05) is 18.0 Å². The highest BCUT2D eigenvalue weighted by atomic mass is 35.5. The van der Waals surface area contributed by atoms with Crippen molar-refractivity contribution in [3.63, 3.8) is 0 Å². The number of hydrogen-bond donors (Lipinski definition) is 2. The first-order valence-electron chi connectivity index (χ1n) is 6.57. The van der Waals surface area contributed by atoms with Crippen molar-refractivity contribution in [1.82, 2.24) is 10.0 Å². The lowest BCUT2D eigenvalue weighted by Crippen LogP contribution is -2.43. The number of halogens is 1. The lowest BCUT2D eigenvalue weighted by atomic mass is 10.1. The number of sulfonamides is 1. The van der Waals surface area contributed by atoms with Gasteiger partial charge in [0.1, 0.15) is 4.90 Å². The van der Waals surface area contributed by atoms with E-state index in [1.807, 2.05) is 0 Å². The van der Waals surface area contributed by atoms with Gasteiger partial charge in [-0.05, 0) is 25.5 Å². The Morgan fingerprint density at radius 2 is 2.19 bits per heavy atom. The third-order valence-corrected chi connectivity index (χ3v) is 5.25. The van der Waals surface area contributed by atoms with Gasteiger partial charge in [0, 0.05) is 24.7 Å². The Bertz CT molecular complexity index is 629. The third-order valence-electron chi connectivity index (χ3n) is 3.35. The van der Waals surface area contributed by atoms with Gasteiger partial charge in [-0.2, -0.15) is 0 Å². The van der Waals surface area contributed by atoms with Crippen molar-refractivity contribution >= 4 is 27.3 Å². The predicted octanol–water partition coefficient (Wildman–Crippen LogP) is 1.67. The second kappa shape index (κ2) is 6.69. The zero-order valence-electron chi connectivity index (χ0n) is 11.2. The number of nitrogens with one attached hydrogen (secondary N) is 2. The average Bonchev–Trinajstić information content (AvgIpc) is 2.46. The highest BCUT2D eigenvalue weighted by Gasteiger charge is 2.22. The second-order valence-corrected chi connectivity index (χ2v) is 7.01. The number of rotatable bonds is 5. The van der Waals surface area contributed by atoms with Crippen LogP contribution in [0.15, 0.2) is 23.1 Å². The van der Waals surface area contributed by atoms with Crippen LogP contribution in [0.5, 0.6) is 0 Å². The van der Waals surface area contributed by atoms with Gasteiger partial charge in [0.25, 0.3) is 5.69 Å². The van der Waals surface area contributed by atoms with E-state index in [0.29, 0.717) is 0 Å². The number of piperidine rings is 1. The summed E-state index contributed by atoms with van der Waals surface area (Å²) in [5.41, 5.74) is -0.243. The number of nitro groups is 1. The van der Waals surface area contributed by atoms with Gasteiger partial charge in [-0.15, -0.1) is 0 Å². The van der Waals surface area contributed by atoms with E-state index in [-0.39, 0.29) is 28.2 Å². The third kappa shape index (κ3) is 4.13. The molecule has 0 aromatic heterocycles. The zero-order valence-corrected chi connectivity index (χ0v) is 12.8. The first-order chi connectivity index (χ1) is 9.90. The molecule has 0 spiro atoms. The van der Waals surface area contributed by atoms with E-state index in [4.69, 9.17) is 11.6 Å². The highest BCUT2D eigenvalue weighted by Crippen LogP contribution is 2.26. The molecule has 9 heteroatoms. The molecule has 2 N–H and O–H groups in total. The topological polar surface area (TPSA) is 101 Å². The van der Waals surface area contributed by atoms with E-state index in [2.05, 4.69) is 10.0 Å². The van der Waals surface area contributed by atoms with Crippen molar-refractivity contribution in [1.29, 1.82) is 0 Å². The number of hydrogen-bond acceptors (Lipinski definition) is 5. The fourth-order valence-electron chi connectivity index (χ4n) is 2.21. The van der Waals surface area contributed by atoms with Gasteiger partial charge in [-0.3, -0.25) is 10.1 Å². The lowest BCUT2D eigenvalue weighted by Gasteiger charge is -2.23. The van der Waals surface area contributed by atoms with Crippen LogP contribution in [-0.4, -0.2) is 32.5 Å². The maximum Gasteiger partial charge on any atom is 0.271 e. The number of nitro benzene ring substituents is 1. The number of non-ortho nitro benzene ring substituents is 1. The molecule has 116 valence electrons. The Balaban J connectivity index is 2.10.